The van der Waals surface area contributed by atoms with E-state index in [2.05, 4.69) is 20.9 Å². The summed E-state index contributed by atoms with van der Waals surface area (Å²) in [5, 5.41) is 1.83. The predicted octanol–water partition coefficient (Wildman–Crippen LogP) is 3.99. The Morgan fingerprint density at radius 2 is 2.12 bits per heavy atom. The lowest BCUT2D eigenvalue weighted by Gasteiger charge is -2.09. The Labute approximate surface area is 107 Å². The Morgan fingerprint density at radius 1 is 1.44 bits per heavy atom. The normalized spacial score (nSPS) is 10.7. The van der Waals surface area contributed by atoms with Crippen molar-refractivity contribution in [3.63, 3.8) is 0 Å². The van der Waals surface area contributed by atoms with Gasteiger partial charge >= 0.3 is 0 Å². The maximum absolute atomic E-state index is 11.5. The van der Waals surface area contributed by atoms with Crippen LogP contribution < -0.4 is 0 Å². The Morgan fingerprint density at radius 3 is 2.75 bits per heavy atom. The van der Waals surface area contributed by atoms with Crippen molar-refractivity contribution in [2.45, 2.75) is 12.3 Å². The van der Waals surface area contributed by atoms with Gasteiger partial charge in [0.1, 0.15) is 0 Å². The van der Waals surface area contributed by atoms with Gasteiger partial charge < -0.3 is 0 Å². The average molecular weight is 299 g/mol. The first-order chi connectivity index (χ1) is 7.65. The second-order valence-corrected chi connectivity index (χ2v) is 4.39. The highest BCUT2D eigenvalue weighted by molar-refractivity contribution is 9.08. The standard InChI is InChI=1S/C12H9BrClNO/c1-7(16)11-10(6-13)15-9-5-3-2-4-8(9)12(11)14/h2-5H,6H2,1H3. The number of ketones is 1. The van der Waals surface area contributed by atoms with Gasteiger partial charge in [-0.3, -0.25) is 9.78 Å². The minimum atomic E-state index is -0.0577. The number of rotatable bonds is 2. The molecule has 0 fully saturated rings. The van der Waals surface area contributed by atoms with Crippen molar-refractivity contribution in [1.29, 1.82) is 0 Å². The molecule has 0 spiro atoms. The zero-order valence-corrected chi connectivity index (χ0v) is 11.0. The molecule has 0 aliphatic rings. The van der Waals surface area contributed by atoms with E-state index in [1.54, 1.807) is 0 Å². The summed E-state index contributed by atoms with van der Waals surface area (Å²) >= 11 is 9.56. The number of para-hydroxylation sites is 1. The summed E-state index contributed by atoms with van der Waals surface area (Å²) in [4.78, 5) is 16.0. The number of pyridine rings is 1. The smallest absolute Gasteiger partial charge is 0.163 e. The Balaban J connectivity index is 2.87. The second kappa shape index (κ2) is 4.52. The number of hydrogen-bond acceptors (Lipinski definition) is 2. The summed E-state index contributed by atoms with van der Waals surface area (Å²) < 4.78 is 0. The molecular weight excluding hydrogens is 289 g/mol. The molecule has 0 radical (unpaired) electrons. The van der Waals surface area contributed by atoms with Crippen LogP contribution in [0.3, 0.4) is 0 Å². The van der Waals surface area contributed by atoms with Crippen LogP contribution >= 0.6 is 27.5 Å². The Kier molecular flexibility index (Phi) is 3.26. The van der Waals surface area contributed by atoms with Gasteiger partial charge in [0.2, 0.25) is 0 Å². The third kappa shape index (κ3) is 1.85. The van der Waals surface area contributed by atoms with E-state index in [0.717, 1.165) is 10.9 Å². The lowest BCUT2D eigenvalue weighted by molar-refractivity contribution is 0.101. The molecule has 1 aromatic carbocycles. The molecule has 2 nitrogen and oxygen atoms in total. The summed E-state index contributed by atoms with van der Waals surface area (Å²) in [6.07, 6.45) is 0. The van der Waals surface area contributed by atoms with Gasteiger partial charge in [0.25, 0.3) is 0 Å². The molecule has 0 saturated heterocycles. The summed E-state index contributed by atoms with van der Waals surface area (Å²) in [6.45, 7) is 1.50. The van der Waals surface area contributed by atoms with Crippen LogP contribution in [-0.2, 0) is 5.33 Å². The van der Waals surface area contributed by atoms with Crippen LogP contribution in [0.2, 0.25) is 5.02 Å². The van der Waals surface area contributed by atoms with E-state index >= 15 is 0 Å². The van der Waals surface area contributed by atoms with Gasteiger partial charge in [0.05, 0.1) is 21.8 Å². The molecule has 0 saturated carbocycles. The summed E-state index contributed by atoms with van der Waals surface area (Å²) in [5.41, 5.74) is 2.01. The number of halogens is 2. The van der Waals surface area contributed by atoms with E-state index < -0.39 is 0 Å². The van der Waals surface area contributed by atoms with Crippen molar-refractivity contribution in [2.75, 3.05) is 0 Å². The van der Waals surface area contributed by atoms with Gasteiger partial charge in [-0.25, -0.2) is 0 Å². The lowest BCUT2D eigenvalue weighted by Crippen LogP contribution is -2.03. The minimum Gasteiger partial charge on any atom is -0.294 e. The van der Waals surface area contributed by atoms with Crippen LogP contribution in [-0.4, -0.2) is 10.8 Å². The summed E-state index contributed by atoms with van der Waals surface area (Å²) in [5.74, 6) is -0.0577. The van der Waals surface area contributed by atoms with Crippen LogP contribution in [0, 0.1) is 0 Å². The van der Waals surface area contributed by atoms with Crippen molar-refractivity contribution >= 4 is 44.2 Å². The highest BCUT2D eigenvalue weighted by atomic mass is 79.9. The number of carbonyl (C=O) groups is 1. The van der Waals surface area contributed by atoms with Gasteiger partial charge in [-0.1, -0.05) is 45.7 Å². The molecule has 82 valence electrons. The molecule has 0 atom stereocenters. The summed E-state index contributed by atoms with van der Waals surface area (Å²) in [6, 6.07) is 7.54. The molecule has 0 bridgehead atoms. The van der Waals surface area contributed by atoms with E-state index in [-0.39, 0.29) is 5.78 Å². The lowest BCUT2D eigenvalue weighted by atomic mass is 10.1. The van der Waals surface area contributed by atoms with Crippen molar-refractivity contribution in [1.82, 2.24) is 4.98 Å². The van der Waals surface area contributed by atoms with E-state index in [4.69, 9.17) is 11.6 Å². The highest BCUT2D eigenvalue weighted by Gasteiger charge is 2.15. The van der Waals surface area contributed by atoms with Gasteiger partial charge in [0, 0.05) is 10.7 Å². The monoisotopic (exact) mass is 297 g/mol. The van der Waals surface area contributed by atoms with Gasteiger partial charge in [-0.05, 0) is 13.0 Å². The fourth-order valence-corrected chi connectivity index (χ4v) is 2.48. The highest BCUT2D eigenvalue weighted by Crippen LogP contribution is 2.29. The maximum Gasteiger partial charge on any atom is 0.163 e. The molecule has 1 heterocycles. The van der Waals surface area contributed by atoms with E-state index in [1.165, 1.54) is 6.92 Å². The van der Waals surface area contributed by atoms with Gasteiger partial charge in [-0.2, -0.15) is 0 Å². The number of hydrogen-bond donors (Lipinski definition) is 0. The molecule has 0 aliphatic heterocycles. The number of carbonyl (C=O) groups excluding carboxylic acids is 1. The molecule has 0 aliphatic carbocycles. The number of fused-ring (bicyclic) bond motifs is 1. The second-order valence-electron chi connectivity index (χ2n) is 3.45. The van der Waals surface area contributed by atoms with Crippen LogP contribution in [0.15, 0.2) is 24.3 Å². The van der Waals surface area contributed by atoms with E-state index in [9.17, 15) is 4.79 Å². The quantitative estimate of drug-likeness (QED) is 0.620. The summed E-state index contributed by atoms with van der Waals surface area (Å²) in [7, 11) is 0. The molecule has 1 aromatic heterocycles. The molecule has 4 heteroatoms. The number of benzene rings is 1. The first kappa shape index (κ1) is 11.6. The third-order valence-electron chi connectivity index (χ3n) is 2.38. The van der Waals surface area contributed by atoms with E-state index in [1.807, 2.05) is 24.3 Å². The zero-order chi connectivity index (χ0) is 11.7. The number of alkyl halides is 1. The van der Waals surface area contributed by atoms with Crippen LogP contribution in [0.5, 0.6) is 0 Å². The van der Waals surface area contributed by atoms with Crippen molar-refractivity contribution in [3.05, 3.63) is 40.5 Å². The molecule has 0 amide bonds. The molecule has 0 unspecified atom stereocenters. The van der Waals surface area contributed by atoms with Crippen molar-refractivity contribution in [3.8, 4) is 0 Å². The zero-order valence-electron chi connectivity index (χ0n) is 8.63. The molecule has 2 aromatic rings. The minimum absolute atomic E-state index is 0.0577. The fourth-order valence-electron chi connectivity index (χ4n) is 1.67. The van der Waals surface area contributed by atoms with Gasteiger partial charge in [-0.15, -0.1) is 0 Å². The first-order valence-electron chi connectivity index (χ1n) is 4.79. The number of Topliss-reactive ketones (excluding diaryl/α,β-unsaturated/α-hetero) is 1. The number of aromatic nitrogens is 1. The maximum atomic E-state index is 11.5. The van der Waals surface area contributed by atoms with Crippen LogP contribution in [0.4, 0.5) is 0 Å². The molecular formula is C12H9BrClNO. The molecule has 16 heavy (non-hydrogen) atoms. The molecule has 2 rings (SSSR count). The van der Waals surface area contributed by atoms with Crippen molar-refractivity contribution < 1.29 is 4.79 Å². The fraction of sp³-hybridized carbons (Fsp3) is 0.167. The largest absolute Gasteiger partial charge is 0.294 e. The van der Waals surface area contributed by atoms with Crippen molar-refractivity contribution in [2.24, 2.45) is 0 Å². The number of nitrogens with zero attached hydrogens (tertiary/aromatic N) is 1. The van der Waals surface area contributed by atoms with Gasteiger partial charge in [0.15, 0.2) is 5.78 Å². The van der Waals surface area contributed by atoms with E-state index in [0.29, 0.717) is 21.6 Å². The third-order valence-corrected chi connectivity index (χ3v) is 3.31. The van der Waals surface area contributed by atoms with Crippen LogP contribution in [0.1, 0.15) is 23.0 Å². The Hall–Kier alpha value is -0.930. The van der Waals surface area contributed by atoms with Crippen LogP contribution in [0.25, 0.3) is 10.9 Å². The Bertz CT molecular complexity index is 568. The first-order valence-corrected chi connectivity index (χ1v) is 6.29. The predicted molar refractivity (Wildman–Crippen MR) is 69.4 cm³/mol. The molecule has 0 N–H and O–H groups in total. The topological polar surface area (TPSA) is 30.0 Å². The average Bonchev–Trinajstić information content (AvgIpc) is 2.28. The SMILES string of the molecule is CC(=O)c1c(CBr)nc2ccccc2c1Cl.